The topological polar surface area (TPSA) is 29.5 Å². The fourth-order valence-electron chi connectivity index (χ4n) is 1.71. The molecule has 0 radical (unpaired) electrons. The second-order valence-corrected chi connectivity index (χ2v) is 5.85. The normalized spacial score (nSPS) is 24.0. The van der Waals surface area contributed by atoms with Crippen LogP contribution in [0.15, 0.2) is 15.2 Å². The summed E-state index contributed by atoms with van der Waals surface area (Å²) in [7, 11) is 0. The summed E-state index contributed by atoms with van der Waals surface area (Å²) in [6, 6.07) is 2.06. The maximum Gasteiger partial charge on any atom is 0.0731 e. The molecule has 0 amide bonds. The van der Waals surface area contributed by atoms with Crippen molar-refractivity contribution in [1.29, 1.82) is 0 Å². The summed E-state index contributed by atoms with van der Waals surface area (Å²) >= 11 is 5.14. The highest BCUT2D eigenvalue weighted by Crippen LogP contribution is 2.27. The molecular formula is C10H13BrO2S. The van der Waals surface area contributed by atoms with Crippen LogP contribution in [0.1, 0.15) is 12.0 Å². The summed E-state index contributed by atoms with van der Waals surface area (Å²) in [5.74, 6) is 0.321. The molecule has 14 heavy (non-hydrogen) atoms. The van der Waals surface area contributed by atoms with Gasteiger partial charge in [-0.15, -0.1) is 11.3 Å². The number of hydrogen-bond acceptors (Lipinski definition) is 3. The lowest BCUT2D eigenvalue weighted by Gasteiger charge is -2.15. The highest BCUT2D eigenvalue weighted by molar-refractivity contribution is 9.11. The minimum Gasteiger partial charge on any atom is -0.392 e. The maximum absolute atomic E-state index is 9.95. The predicted octanol–water partition coefficient (Wildman–Crippen LogP) is 2.45. The van der Waals surface area contributed by atoms with Gasteiger partial charge in [-0.25, -0.2) is 0 Å². The van der Waals surface area contributed by atoms with Crippen molar-refractivity contribution in [3.05, 3.63) is 20.8 Å². The molecule has 2 nitrogen and oxygen atoms in total. The van der Waals surface area contributed by atoms with Gasteiger partial charge in [0.25, 0.3) is 0 Å². The summed E-state index contributed by atoms with van der Waals surface area (Å²) < 4.78 is 6.39. The molecule has 1 saturated heterocycles. The van der Waals surface area contributed by atoms with Crippen LogP contribution in [0.25, 0.3) is 0 Å². The maximum atomic E-state index is 9.95. The van der Waals surface area contributed by atoms with Crippen LogP contribution >= 0.6 is 27.3 Å². The van der Waals surface area contributed by atoms with Gasteiger partial charge in [-0.3, -0.25) is 0 Å². The van der Waals surface area contributed by atoms with Gasteiger partial charge in [0.15, 0.2) is 0 Å². The Bertz CT molecular complexity index is 294. The van der Waals surface area contributed by atoms with E-state index in [0.717, 1.165) is 23.2 Å². The van der Waals surface area contributed by atoms with Crippen molar-refractivity contribution in [3.8, 4) is 0 Å². The number of hydrogen-bond donors (Lipinski definition) is 1. The van der Waals surface area contributed by atoms with Gasteiger partial charge in [0.1, 0.15) is 0 Å². The van der Waals surface area contributed by atoms with Gasteiger partial charge in [0, 0.05) is 18.9 Å². The van der Waals surface area contributed by atoms with Gasteiger partial charge in [0.2, 0.25) is 0 Å². The monoisotopic (exact) mass is 276 g/mol. The Morgan fingerprint density at radius 1 is 1.71 bits per heavy atom. The average molecular weight is 277 g/mol. The molecule has 0 aromatic carbocycles. The third-order valence-corrected chi connectivity index (χ3v) is 4.44. The fraction of sp³-hybridized carbons (Fsp3) is 0.600. The minimum absolute atomic E-state index is 0.261. The van der Waals surface area contributed by atoms with Crippen molar-refractivity contribution in [2.45, 2.75) is 18.9 Å². The third-order valence-electron chi connectivity index (χ3n) is 2.63. The second kappa shape index (κ2) is 4.75. The van der Waals surface area contributed by atoms with E-state index in [1.165, 1.54) is 5.56 Å². The molecule has 1 aliphatic rings. The average Bonchev–Trinajstić information content (AvgIpc) is 2.77. The van der Waals surface area contributed by atoms with Crippen LogP contribution in [-0.2, 0) is 11.2 Å². The highest BCUT2D eigenvalue weighted by atomic mass is 79.9. The molecule has 2 rings (SSSR count). The first-order valence-electron chi connectivity index (χ1n) is 4.75. The molecule has 0 saturated carbocycles. The fourth-order valence-corrected chi connectivity index (χ4v) is 2.99. The lowest BCUT2D eigenvalue weighted by molar-refractivity contribution is 0.0918. The van der Waals surface area contributed by atoms with Crippen molar-refractivity contribution < 1.29 is 9.84 Å². The number of aliphatic hydroxyl groups is 1. The molecule has 0 aliphatic carbocycles. The summed E-state index contributed by atoms with van der Waals surface area (Å²) in [6.45, 7) is 1.51. The molecule has 1 fully saturated rings. The van der Waals surface area contributed by atoms with E-state index in [0.29, 0.717) is 12.5 Å². The number of thiophene rings is 1. The van der Waals surface area contributed by atoms with E-state index in [1.54, 1.807) is 11.3 Å². The van der Waals surface area contributed by atoms with Crippen LogP contribution < -0.4 is 0 Å². The first-order valence-corrected chi connectivity index (χ1v) is 6.42. The van der Waals surface area contributed by atoms with Crippen molar-refractivity contribution in [1.82, 2.24) is 0 Å². The number of ether oxygens (including phenoxy) is 1. The van der Waals surface area contributed by atoms with E-state index in [-0.39, 0.29) is 6.10 Å². The Kier molecular flexibility index (Phi) is 3.60. The summed E-state index contributed by atoms with van der Waals surface area (Å²) in [5.41, 5.74) is 1.20. The van der Waals surface area contributed by atoms with Crippen LogP contribution in [-0.4, -0.2) is 24.4 Å². The zero-order valence-electron chi connectivity index (χ0n) is 7.78. The van der Waals surface area contributed by atoms with Crippen molar-refractivity contribution in [2.24, 2.45) is 5.92 Å². The molecule has 2 heterocycles. The first kappa shape index (κ1) is 10.6. The van der Waals surface area contributed by atoms with Crippen LogP contribution in [0.2, 0.25) is 0 Å². The van der Waals surface area contributed by atoms with Gasteiger partial charge in [-0.05, 0) is 39.4 Å². The Balaban J connectivity index is 1.93. The van der Waals surface area contributed by atoms with Crippen molar-refractivity contribution in [2.75, 3.05) is 13.2 Å². The molecule has 1 N–H and O–H groups in total. The van der Waals surface area contributed by atoms with Crippen molar-refractivity contribution in [3.63, 3.8) is 0 Å². The number of rotatable bonds is 3. The Hall–Kier alpha value is 0.1000. The standard InChI is InChI=1S/C10H13BrO2S/c11-10-7(2-4-14-10)5-9(12)8-1-3-13-6-8/h2,4,8-9,12H,1,3,5-6H2. The predicted molar refractivity (Wildman–Crippen MR) is 60.7 cm³/mol. The Morgan fingerprint density at radius 2 is 2.57 bits per heavy atom. The first-order chi connectivity index (χ1) is 6.77. The third kappa shape index (κ3) is 2.37. The van der Waals surface area contributed by atoms with Crippen molar-refractivity contribution >= 4 is 27.3 Å². The molecule has 0 spiro atoms. The number of halogens is 1. The molecule has 4 heteroatoms. The molecule has 1 aromatic heterocycles. The van der Waals surface area contributed by atoms with Gasteiger partial charge in [-0.2, -0.15) is 0 Å². The van der Waals surface area contributed by atoms with E-state index in [2.05, 4.69) is 22.0 Å². The summed E-state index contributed by atoms with van der Waals surface area (Å²) in [4.78, 5) is 0. The zero-order chi connectivity index (χ0) is 9.97. The van der Waals surface area contributed by atoms with E-state index in [1.807, 2.05) is 5.38 Å². The second-order valence-electron chi connectivity index (χ2n) is 3.61. The van der Waals surface area contributed by atoms with E-state index >= 15 is 0 Å². The lowest BCUT2D eigenvalue weighted by Crippen LogP contribution is -2.22. The van der Waals surface area contributed by atoms with E-state index < -0.39 is 0 Å². The van der Waals surface area contributed by atoms with Crippen LogP contribution in [0.3, 0.4) is 0 Å². The molecular weight excluding hydrogens is 264 g/mol. The molecule has 0 bridgehead atoms. The van der Waals surface area contributed by atoms with Gasteiger partial charge >= 0.3 is 0 Å². The molecule has 78 valence electrons. The van der Waals surface area contributed by atoms with E-state index in [9.17, 15) is 5.11 Å². The van der Waals surface area contributed by atoms with Gasteiger partial charge in [-0.1, -0.05) is 0 Å². The Morgan fingerprint density at radius 3 is 3.14 bits per heavy atom. The van der Waals surface area contributed by atoms with Gasteiger partial charge in [0.05, 0.1) is 16.5 Å². The summed E-state index contributed by atoms with van der Waals surface area (Å²) in [6.07, 6.45) is 1.46. The van der Waals surface area contributed by atoms with Gasteiger partial charge < -0.3 is 9.84 Å². The van der Waals surface area contributed by atoms with E-state index in [4.69, 9.17) is 4.74 Å². The zero-order valence-corrected chi connectivity index (χ0v) is 10.2. The molecule has 1 aliphatic heterocycles. The van der Waals surface area contributed by atoms with Crippen LogP contribution in [0.4, 0.5) is 0 Å². The minimum atomic E-state index is -0.261. The highest BCUT2D eigenvalue weighted by Gasteiger charge is 2.24. The largest absolute Gasteiger partial charge is 0.392 e. The summed E-state index contributed by atoms with van der Waals surface area (Å²) in [5, 5.41) is 12.0. The van der Waals surface area contributed by atoms with Crippen LogP contribution in [0.5, 0.6) is 0 Å². The molecule has 2 unspecified atom stereocenters. The molecule has 1 aromatic rings. The SMILES string of the molecule is OC(Cc1ccsc1Br)C1CCOC1. The smallest absolute Gasteiger partial charge is 0.0731 e. The number of aliphatic hydroxyl groups excluding tert-OH is 1. The molecule has 2 atom stereocenters. The lowest BCUT2D eigenvalue weighted by atomic mass is 9.97. The quantitative estimate of drug-likeness (QED) is 0.919. The Labute approximate surface area is 96.0 Å². The van der Waals surface area contributed by atoms with Crippen LogP contribution in [0, 0.1) is 5.92 Å².